The zero-order valence-corrected chi connectivity index (χ0v) is 20.0. The minimum Gasteiger partial charge on any atom is -0.353 e. The molecule has 32 heavy (non-hydrogen) atoms. The van der Waals surface area contributed by atoms with E-state index in [1.165, 1.54) is 15.4 Å². The quantitative estimate of drug-likeness (QED) is 0.707. The molecule has 0 N–H and O–H groups in total. The highest BCUT2D eigenvalue weighted by molar-refractivity contribution is 7.92. The van der Waals surface area contributed by atoms with E-state index in [1.54, 1.807) is 12.1 Å². The summed E-state index contributed by atoms with van der Waals surface area (Å²) in [7, 11) is -3.26. The fourth-order valence-corrected chi connectivity index (χ4v) is 6.20. The molecule has 2 saturated heterocycles. The maximum Gasteiger partial charge on any atom is 0.254 e. The minimum absolute atomic E-state index is 0.00112. The van der Waals surface area contributed by atoms with E-state index in [2.05, 4.69) is 29.8 Å². The molecule has 2 aromatic rings. The SMILES string of the molecule is CCc1cnc(N2CCN(C(=O)c3ccc(N4CCCCS4(=O)=O)cc3C)CC2)c(C)c1. The van der Waals surface area contributed by atoms with E-state index >= 15 is 0 Å². The van der Waals surface area contributed by atoms with Gasteiger partial charge in [0.25, 0.3) is 5.91 Å². The Bertz CT molecular complexity index is 1110. The molecule has 0 aliphatic carbocycles. The summed E-state index contributed by atoms with van der Waals surface area (Å²) in [5.41, 5.74) is 4.50. The Hall–Kier alpha value is -2.61. The molecule has 1 aromatic carbocycles. The normalized spacial score (nSPS) is 18.7. The predicted molar refractivity (Wildman–Crippen MR) is 128 cm³/mol. The summed E-state index contributed by atoms with van der Waals surface area (Å²) >= 11 is 0. The zero-order chi connectivity index (χ0) is 22.9. The number of aryl methyl sites for hydroxylation is 3. The van der Waals surface area contributed by atoms with E-state index in [1.807, 2.05) is 24.1 Å². The lowest BCUT2D eigenvalue weighted by molar-refractivity contribution is 0.0746. The number of carbonyl (C=O) groups is 1. The van der Waals surface area contributed by atoms with Gasteiger partial charge in [0, 0.05) is 44.5 Å². The van der Waals surface area contributed by atoms with Crippen molar-refractivity contribution in [1.29, 1.82) is 0 Å². The number of aromatic nitrogens is 1. The second kappa shape index (κ2) is 9.10. The average Bonchev–Trinajstić information content (AvgIpc) is 2.78. The van der Waals surface area contributed by atoms with Crippen LogP contribution in [-0.4, -0.2) is 62.7 Å². The van der Waals surface area contributed by atoms with Crippen molar-refractivity contribution in [1.82, 2.24) is 9.88 Å². The first kappa shape index (κ1) is 22.6. The second-order valence-corrected chi connectivity index (χ2v) is 10.7. The Kier molecular flexibility index (Phi) is 6.42. The number of sulfonamides is 1. The van der Waals surface area contributed by atoms with Gasteiger partial charge in [-0.1, -0.05) is 13.0 Å². The van der Waals surface area contributed by atoms with E-state index < -0.39 is 10.0 Å². The van der Waals surface area contributed by atoms with Crippen molar-refractivity contribution in [3.63, 3.8) is 0 Å². The molecular formula is C24H32N4O3S. The fraction of sp³-hybridized carbons (Fsp3) is 0.500. The highest BCUT2D eigenvalue weighted by atomic mass is 32.2. The summed E-state index contributed by atoms with van der Waals surface area (Å²) < 4.78 is 26.3. The topological polar surface area (TPSA) is 73.8 Å². The standard InChI is InChI=1S/C24H32N4O3S/c1-4-20-15-19(3)23(25-17-20)26-10-12-27(13-11-26)24(29)22-8-7-21(16-18(22)2)28-9-5-6-14-32(28,30)31/h7-8,15-17H,4-6,9-14H2,1-3H3. The van der Waals surface area contributed by atoms with Gasteiger partial charge >= 0.3 is 0 Å². The van der Waals surface area contributed by atoms with Crippen LogP contribution in [0.4, 0.5) is 11.5 Å². The van der Waals surface area contributed by atoms with Crippen LogP contribution < -0.4 is 9.21 Å². The molecule has 1 aromatic heterocycles. The second-order valence-electron chi connectivity index (χ2n) is 8.71. The number of pyridine rings is 1. The summed E-state index contributed by atoms with van der Waals surface area (Å²) in [6, 6.07) is 7.56. The van der Waals surface area contributed by atoms with Crippen LogP contribution in [0.2, 0.25) is 0 Å². The van der Waals surface area contributed by atoms with Gasteiger partial charge < -0.3 is 9.80 Å². The van der Waals surface area contributed by atoms with E-state index in [-0.39, 0.29) is 11.7 Å². The summed E-state index contributed by atoms with van der Waals surface area (Å²) in [6.45, 7) is 9.36. The van der Waals surface area contributed by atoms with Crippen LogP contribution >= 0.6 is 0 Å². The van der Waals surface area contributed by atoms with Crippen molar-refractivity contribution in [2.24, 2.45) is 0 Å². The van der Waals surface area contributed by atoms with Gasteiger partial charge in [0.1, 0.15) is 5.82 Å². The minimum atomic E-state index is -3.26. The largest absolute Gasteiger partial charge is 0.353 e. The third-order valence-electron chi connectivity index (χ3n) is 6.46. The summed E-state index contributed by atoms with van der Waals surface area (Å²) in [5.74, 6) is 1.19. The molecule has 7 nitrogen and oxygen atoms in total. The highest BCUT2D eigenvalue weighted by Gasteiger charge is 2.28. The van der Waals surface area contributed by atoms with Crippen molar-refractivity contribution >= 4 is 27.4 Å². The van der Waals surface area contributed by atoms with E-state index in [9.17, 15) is 13.2 Å². The predicted octanol–water partition coefficient (Wildman–Crippen LogP) is 3.15. The first-order valence-corrected chi connectivity index (χ1v) is 13.0. The molecule has 2 aliphatic heterocycles. The lowest BCUT2D eigenvalue weighted by Gasteiger charge is -2.36. The molecule has 0 unspecified atom stereocenters. The summed E-state index contributed by atoms with van der Waals surface area (Å²) in [6.07, 6.45) is 4.47. The number of carbonyl (C=O) groups excluding carboxylic acids is 1. The van der Waals surface area contributed by atoms with Gasteiger partial charge in [-0.3, -0.25) is 9.10 Å². The maximum absolute atomic E-state index is 13.2. The van der Waals surface area contributed by atoms with Gasteiger partial charge in [-0.2, -0.15) is 0 Å². The van der Waals surface area contributed by atoms with Crippen LogP contribution in [0, 0.1) is 13.8 Å². The van der Waals surface area contributed by atoms with Gasteiger partial charge in [0.05, 0.1) is 11.4 Å². The number of benzene rings is 1. The van der Waals surface area contributed by atoms with Crippen LogP contribution in [0.5, 0.6) is 0 Å². The molecule has 0 atom stereocenters. The molecule has 0 bridgehead atoms. The van der Waals surface area contributed by atoms with E-state index in [0.29, 0.717) is 37.3 Å². The van der Waals surface area contributed by atoms with Crippen LogP contribution in [-0.2, 0) is 16.4 Å². The van der Waals surface area contributed by atoms with Gasteiger partial charge in [0.2, 0.25) is 10.0 Å². The molecule has 1 amide bonds. The molecular weight excluding hydrogens is 424 g/mol. The van der Waals surface area contributed by atoms with Crippen molar-refractivity contribution in [3.8, 4) is 0 Å². The van der Waals surface area contributed by atoms with Gasteiger partial charge in [-0.25, -0.2) is 13.4 Å². The number of nitrogens with zero attached hydrogens (tertiary/aromatic N) is 4. The third kappa shape index (κ3) is 4.46. The van der Waals surface area contributed by atoms with Crippen molar-refractivity contribution in [2.45, 2.75) is 40.0 Å². The Morgan fingerprint density at radius 3 is 2.38 bits per heavy atom. The van der Waals surface area contributed by atoms with Crippen LogP contribution in [0.1, 0.15) is 46.8 Å². The molecule has 0 radical (unpaired) electrons. The number of amides is 1. The molecule has 0 spiro atoms. The van der Waals surface area contributed by atoms with Crippen LogP contribution in [0.15, 0.2) is 30.5 Å². The number of hydrogen-bond acceptors (Lipinski definition) is 5. The first-order chi connectivity index (χ1) is 15.3. The third-order valence-corrected chi connectivity index (χ3v) is 8.33. The lowest BCUT2D eigenvalue weighted by atomic mass is 10.1. The summed E-state index contributed by atoms with van der Waals surface area (Å²) in [5, 5.41) is 0. The monoisotopic (exact) mass is 456 g/mol. The van der Waals surface area contributed by atoms with Crippen molar-refractivity contribution in [3.05, 3.63) is 52.7 Å². The smallest absolute Gasteiger partial charge is 0.254 e. The van der Waals surface area contributed by atoms with Gasteiger partial charge in [0.15, 0.2) is 0 Å². The molecule has 3 heterocycles. The number of rotatable bonds is 4. The van der Waals surface area contributed by atoms with Gasteiger partial charge in [-0.15, -0.1) is 0 Å². The fourth-order valence-electron chi connectivity index (χ4n) is 4.56. The van der Waals surface area contributed by atoms with Crippen LogP contribution in [0.25, 0.3) is 0 Å². The summed E-state index contributed by atoms with van der Waals surface area (Å²) in [4.78, 5) is 22.0. The lowest BCUT2D eigenvalue weighted by Crippen LogP contribution is -2.49. The highest BCUT2D eigenvalue weighted by Crippen LogP contribution is 2.27. The van der Waals surface area contributed by atoms with Crippen molar-refractivity contribution in [2.75, 3.05) is 47.7 Å². The first-order valence-electron chi connectivity index (χ1n) is 11.4. The number of anilines is 2. The Morgan fingerprint density at radius 2 is 1.75 bits per heavy atom. The Labute approximate surface area is 191 Å². The van der Waals surface area contributed by atoms with E-state index in [4.69, 9.17) is 0 Å². The molecule has 0 saturated carbocycles. The molecule has 172 valence electrons. The number of hydrogen-bond donors (Lipinski definition) is 0. The molecule has 8 heteroatoms. The molecule has 2 aliphatic rings. The molecule has 4 rings (SSSR count). The van der Waals surface area contributed by atoms with Crippen LogP contribution in [0.3, 0.4) is 0 Å². The average molecular weight is 457 g/mol. The zero-order valence-electron chi connectivity index (χ0n) is 19.2. The van der Waals surface area contributed by atoms with Crippen molar-refractivity contribution < 1.29 is 13.2 Å². The Morgan fingerprint density at radius 1 is 1.00 bits per heavy atom. The van der Waals surface area contributed by atoms with E-state index in [0.717, 1.165) is 37.3 Å². The Balaban J connectivity index is 1.44. The maximum atomic E-state index is 13.2. The molecule has 2 fully saturated rings. The number of piperazine rings is 1. The van der Waals surface area contributed by atoms with Gasteiger partial charge in [-0.05, 0) is 68.0 Å².